The largest absolute Gasteiger partial charge is 0.494 e. The first-order valence-electron chi connectivity index (χ1n) is 7.14. The molecule has 1 fully saturated rings. The van der Waals surface area contributed by atoms with Crippen LogP contribution in [-0.4, -0.2) is 51.6 Å². The van der Waals surface area contributed by atoms with Crippen LogP contribution >= 0.6 is 0 Å². The molecule has 118 valence electrons. The van der Waals surface area contributed by atoms with Gasteiger partial charge in [-0.05, 0) is 50.6 Å². The Labute approximate surface area is 125 Å². The van der Waals surface area contributed by atoms with Crippen molar-refractivity contribution in [2.75, 3.05) is 32.2 Å². The van der Waals surface area contributed by atoms with Gasteiger partial charge in [-0.2, -0.15) is 0 Å². The van der Waals surface area contributed by atoms with Crippen LogP contribution in [0.1, 0.15) is 18.4 Å². The third-order valence-corrected chi connectivity index (χ3v) is 5.77. The van der Waals surface area contributed by atoms with Crippen molar-refractivity contribution < 1.29 is 17.5 Å². The zero-order valence-corrected chi connectivity index (χ0v) is 13.3. The van der Waals surface area contributed by atoms with Crippen LogP contribution in [0.15, 0.2) is 18.2 Å². The molecular formula is C15H22FNO3S. The van der Waals surface area contributed by atoms with Crippen LogP contribution in [0.25, 0.3) is 0 Å². The van der Waals surface area contributed by atoms with Gasteiger partial charge < -0.3 is 9.64 Å². The van der Waals surface area contributed by atoms with E-state index in [0.29, 0.717) is 5.75 Å². The smallest absolute Gasteiger partial charge is 0.165 e. The first-order chi connectivity index (χ1) is 9.91. The fraction of sp³-hybridized carbons (Fsp3) is 0.600. The molecule has 0 bridgehead atoms. The molecule has 1 unspecified atom stereocenters. The topological polar surface area (TPSA) is 46.6 Å². The zero-order chi connectivity index (χ0) is 15.5. The predicted octanol–water partition coefficient (Wildman–Crippen LogP) is 1.89. The van der Waals surface area contributed by atoms with Crippen LogP contribution < -0.4 is 4.74 Å². The highest BCUT2D eigenvalue weighted by Crippen LogP contribution is 2.19. The number of ether oxygens (including phenoxy) is 1. The minimum absolute atomic E-state index is 0.127. The molecule has 0 N–H and O–H groups in total. The first kappa shape index (κ1) is 16.2. The lowest BCUT2D eigenvalue weighted by Gasteiger charge is -2.22. The Morgan fingerprint density at radius 1 is 1.43 bits per heavy atom. The Morgan fingerprint density at radius 3 is 2.76 bits per heavy atom. The van der Waals surface area contributed by atoms with Gasteiger partial charge in [-0.15, -0.1) is 0 Å². The van der Waals surface area contributed by atoms with Gasteiger partial charge in [-0.3, -0.25) is 0 Å². The van der Waals surface area contributed by atoms with E-state index in [2.05, 4.69) is 4.90 Å². The second kappa shape index (κ2) is 6.75. The Kier molecular flexibility index (Phi) is 5.22. The summed E-state index contributed by atoms with van der Waals surface area (Å²) in [6.45, 7) is 0.813. The molecule has 0 saturated carbocycles. The Balaban J connectivity index is 1.80. The second-order valence-corrected chi connectivity index (χ2v) is 7.84. The van der Waals surface area contributed by atoms with Crippen LogP contribution in [0, 0.1) is 5.82 Å². The van der Waals surface area contributed by atoms with Crippen molar-refractivity contribution >= 4 is 9.84 Å². The van der Waals surface area contributed by atoms with Gasteiger partial charge in [0.2, 0.25) is 0 Å². The van der Waals surface area contributed by atoms with Gasteiger partial charge in [-0.1, -0.05) is 6.07 Å². The van der Waals surface area contributed by atoms with Crippen molar-refractivity contribution in [3.63, 3.8) is 0 Å². The molecule has 1 atom stereocenters. The summed E-state index contributed by atoms with van der Waals surface area (Å²) < 4.78 is 41.4. The highest BCUT2D eigenvalue weighted by molar-refractivity contribution is 7.91. The molecule has 1 aliphatic rings. The fourth-order valence-corrected chi connectivity index (χ4v) is 4.51. The molecule has 0 spiro atoms. The molecule has 2 rings (SSSR count). The maximum Gasteiger partial charge on any atom is 0.165 e. The van der Waals surface area contributed by atoms with E-state index in [0.717, 1.165) is 31.4 Å². The van der Waals surface area contributed by atoms with Gasteiger partial charge in [0.1, 0.15) is 0 Å². The number of rotatable bonds is 6. The number of sulfone groups is 1. The molecule has 1 saturated heterocycles. The Hall–Kier alpha value is -1.14. The average molecular weight is 315 g/mol. The number of nitrogens with zero attached hydrogens (tertiary/aromatic N) is 1. The molecular weight excluding hydrogens is 293 g/mol. The SMILES string of the molecule is COc1ccc(CCCN(C)C2CCS(=O)(=O)C2)cc1F. The summed E-state index contributed by atoms with van der Waals surface area (Å²) in [4.78, 5) is 2.10. The van der Waals surface area contributed by atoms with Crippen LogP contribution in [0.3, 0.4) is 0 Å². The summed E-state index contributed by atoms with van der Waals surface area (Å²) in [6.07, 6.45) is 2.36. The monoisotopic (exact) mass is 315 g/mol. The Morgan fingerprint density at radius 2 is 2.19 bits per heavy atom. The number of hydrogen-bond donors (Lipinski definition) is 0. The second-order valence-electron chi connectivity index (χ2n) is 5.61. The lowest BCUT2D eigenvalue weighted by atomic mass is 10.1. The number of halogens is 1. The van der Waals surface area contributed by atoms with Crippen LogP contribution in [0.2, 0.25) is 0 Å². The van der Waals surface area contributed by atoms with Gasteiger partial charge in [0.25, 0.3) is 0 Å². The maximum atomic E-state index is 13.6. The van der Waals surface area contributed by atoms with E-state index in [1.54, 1.807) is 6.07 Å². The molecule has 0 amide bonds. The van der Waals surface area contributed by atoms with Gasteiger partial charge >= 0.3 is 0 Å². The number of benzene rings is 1. The van der Waals surface area contributed by atoms with E-state index >= 15 is 0 Å². The quantitative estimate of drug-likeness (QED) is 0.804. The standard InChI is InChI=1S/C15H22FNO3S/c1-17(13-7-9-21(18,19)11-13)8-3-4-12-5-6-15(20-2)14(16)10-12/h5-6,10,13H,3-4,7-9,11H2,1-2H3. The van der Waals surface area contributed by atoms with E-state index in [4.69, 9.17) is 4.74 Å². The van der Waals surface area contributed by atoms with Crippen molar-refractivity contribution in [1.29, 1.82) is 0 Å². The molecule has 1 aliphatic heterocycles. The first-order valence-corrected chi connectivity index (χ1v) is 8.96. The molecule has 0 radical (unpaired) electrons. The van der Waals surface area contributed by atoms with Gasteiger partial charge in [0.05, 0.1) is 18.6 Å². The maximum absolute atomic E-state index is 13.6. The lowest BCUT2D eigenvalue weighted by molar-refractivity contribution is 0.259. The molecule has 1 heterocycles. The van der Waals surface area contributed by atoms with Crippen molar-refractivity contribution in [3.05, 3.63) is 29.6 Å². The summed E-state index contributed by atoms with van der Waals surface area (Å²) in [5.41, 5.74) is 0.931. The fourth-order valence-electron chi connectivity index (χ4n) is 2.70. The molecule has 4 nitrogen and oxygen atoms in total. The summed E-state index contributed by atoms with van der Waals surface area (Å²) in [5, 5.41) is 0. The third-order valence-electron chi connectivity index (χ3n) is 4.02. The highest BCUT2D eigenvalue weighted by Gasteiger charge is 2.30. The summed E-state index contributed by atoms with van der Waals surface area (Å²) in [7, 11) is 0.569. The van der Waals surface area contributed by atoms with E-state index in [9.17, 15) is 12.8 Å². The number of hydrogen-bond acceptors (Lipinski definition) is 4. The van der Waals surface area contributed by atoms with E-state index in [1.165, 1.54) is 13.2 Å². The summed E-state index contributed by atoms with van der Waals surface area (Å²) in [5.74, 6) is 0.476. The van der Waals surface area contributed by atoms with Crippen molar-refractivity contribution in [3.8, 4) is 5.75 Å². The van der Waals surface area contributed by atoms with Crippen molar-refractivity contribution in [2.45, 2.75) is 25.3 Å². The predicted molar refractivity (Wildman–Crippen MR) is 81.0 cm³/mol. The number of methoxy groups -OCH3 is 1. The van der Waals surface area contributed by atoms with E-state index in [-0.39, 0.29) is 23.4 Å². The van der Waals surface area contributed by atoms with Crippen LogP contribution in [0.4, 0.5) is 4.39 Å². The van der Waals surface area contributed by atoms with Crippen LogP contribution in [0.5, 0.6) is 5.75 Å². The number of aryl methyl sites for hydroxylation is 1. The molecule has 0 aliphatic carbocycles. The van der Waals surface area contributed by atoms with Crippen molar-refractivity contribution in [1.82, 2.24) is 4.90 Å². The third kappa shape index (κ3) is 4.41. The van der Waals surface area contributed by atoms with Gasteiger partial charge in [0, 0.05) is 6.04 Å². The molecule has 1 aromatic rings. The molecule has 6 heteroatoms. The Bertz CT molecular complexity index is 589. The van der Waals surface area contributed by atoms with Crippen molar-refractivity contribution in [2.24, 2.45) is 0 Å². The van der Waals surface area contributed by atoms with E-state index in [1.807, 2.05) is 13.1 Å². The summed E-state index contributed by atoms with van der Waals surface area (Å²) in [6, 6.07) is 5.13. The van der Waals surface area contributed by atoms with E-state index < -0.39 is 9.84 Å². The minimum Gasteiger partial charge on any atom is -0.494 e. The van der Waals surface area contributed by atoms with Gasteiger partial charge in [0.15, 0.2) is 21.4 Å². The molecule has 0 aromatic heterocycles. The van der Waals surface area contributed by atoms with Crippen LogP contribution in [-0.2, 0) is 16.3 Å². The van der Waals surface area contributed by atoms with Gasteiger partial charge in [-0.25, -0.2) is 12.8 Å². The average Bonchev–Trinajstić information content (AvgIpc) is 2.79. The molecule has 21 heavy (non-hydrogen) atoms. The zero-order valence-electron chi connectivity index (χ0n) is 12.5. The minimum atomic E-state index is -2.84. The normalized spacial score (nSPS) is 20.9. The molecule has 1 aromatic carbocycles. The highest BCUT2D eigenvalue weighted by atomic mass is 32.2. The summed E-state index contributed by atoms with van der Waals surface area (Å²) >= 11 is 0. The lowest BCUT2D eigenvalue weighted by Crippen LogP contribution is -2.33.